The molecule has 1 heterocycles. The van der Waals surface area contributed by atoms with Crippen molar-refractivity contribution in [3.8, 4) is 0 Å². The smallest absolute Gasteiger partial charge is 0.147 e. The van der Waals surface area contributed by atoms with Crippen LogP contribution in [0.4, 0.5) is 0 Å². The van der Waals surface area contributed by atoms with Crippen molar-refractivity contribution in [3.05, 3.63) is 0 Å². The monoisotopic (exact) mass is 195 g/mol. The van der Waals surface area contributed by atoms with E-state index in [0.717, 1.165) is 0 Å². The molecule has 3 rings (SSSR count). The van der Waals surface area contributed by atoms with E-state index in [1.165, 1.54) is 19.3 Å². The number of nitrogens with one attached hydrogen (secondary N) is 1. The molecule has 3 heteroatoms. The van der Waals surface area contributed by atoms with Gasteiger partial charge in [-0.1, -0.05) is 0 Å². The van der Waals surface area contributed by atoms with E-state index in [9.17, 15) is 9.90 Å². The molecule has 0 amide bonds. The van der Waals surface area contributed by atoms with Gasteiger partial charge < -0.3 is 5.11 Å². The van der Waals surface area contributed by atoms with Crippen molar-refractivity contribution in [2.45, 2.75) is 38.5 Å². The van der Waals surface area contributed by atoms with Crippen LogP contribution in [0, 0.1) is 23.7 Å². The van der Waals surface area contributed by atoms with Gasteiger partial charge in [0.05, 0.1) is 6.04 Å². The summed E-state index contributed by atoms with van der Waals surface area (Å²) in [7, 11) is 0. The number of ketones is 1. The number of carbonyl (C=O) groups is 1. The molecule has 3 nitrogen and oxygen atoms in total. The van der Waals surface area contributed by atoms with Gasteiger partial charge in [0.2, 0.25) is 0 Å². The van der Waals surface area contributed by atoms with Gasteiger partial charge >= 0.3 is 0 Å². The van der Waals surface area contributed by atoms with Gasteiger partial charge in [-0.15, -0.1) is 0 Å². The maximum absolute atomic E-state index is 11.4. The summed E-state index contributed by atoms with van der Waals surface area (Å²) in [5, 5.41) is 12.9. The Hall–Kier alpha value is -0.410. The molecule has 0 aromatic heterocycles. The van der Waals surface area contributed by atoms with Crippen LogP contribution in [0.1, 0.15) is 26.2 Å². The van der Waals surface area contributed by atoms with E-state index in [2.05, 4.69) is 5.32 Å². The summed E-state index contributed by atoms with van der Waals surface area (Å²) < 4.78 is 0. The van der Waals surface area contributed by atoms with Crippen LogP contribution >= 0.6 is 0 Å². The Labute approximate surface area is 83.9 Å². The second-order valence-electron chi connectivity index (χ2n) is 5.19. The highest BCUT2D eigenvalue weighted by molar-refractivity contribution is 5.82. The van der Waals surface area contributed by atoms with Gasteiger partial charge in [0.25, 0.3) is 0 Å². The fraction of sp³-hybridized carbons (Fsp3) is 0.909. The molecule has 3 fully saturated rings. The Balaban J connectivity index is 1.91. The van der Waals surface area contributed by atoms with E-state index in [1.54, 1.807) is 6.92 Å². The molecule has 2 saturated carbocycles. The summed E-state index contributed by atoms with van der Waals surface area (Å²) in [5.41, 5.74) is 0. The lowest BCUT2D eigenvalue weighted by Gasteiger charge is -2.27. The van der Waals surface area contributed by atoms with Crippen LogP contribution in [0.25, 0.3) is 0 Å². The molecule has 0 aromatic rings. The van der Waals surface area contributed by atoms with Gasteiger partial charge in [-0.2, -0.15) is 0 Å². The zero-order valence-corrected chi connectivity index (χ0v) is 8.44. The Morgan fingerprint density at radius 2 is 1.93 bits per heavy atom. The lowest BCUT2D eigenvalue weighted by atomic mass is 9.77. The van der Waals surface area contributed by atoms with Gasteiger partial charge in [-0.25, -0.2) is 0 Å². The van der Waals surface area contributed by atoms with Crippen LogP contribution in [0.15, 0.2) is 0 Å². The van der Waals surface area contributed by atoms with Gasteiger partial charge in [0, 0.05) is 5.92 Å². The summed E-state index contributed by atoms with van der Waals surface area (Å²) in [6.07, 6.45) is 3.35. The summed E-state index contributed by atoms with van der Waals surface area (Å²) >= 11 is 0. The van der Waals surface area contributed by atoms with E-state index in [-0.39, 0.29) is 11.8 Å². The number of aliphatic hydroxyl groups is 1. The Morgan fingerprint density at radius 3 is 2.57 bits per heavy atom. The predicted molar refractivity (Wildman–Crippen MR) is 51.4 cm³/mol. The summed E-state index contributed by atoms with van der Waals surface area (Å²) in [5.74, 6) is 2.37. The standard InChI is InChI=1S/C11H17NO2/c1-5(13)10-8-6-2-3-7(4-6)9(8)11(14)12-10/h6-12,14H,2-4H2,1H3/t6?,7?,8-,9+,10+,11?/m0/s1. The van der Waals surface area contributed by atoms with Crippen molar-refractivity contribution in [1.82, 2.24) is 5.32 Å². The van der Waals surface area contributed by atoms with Gasteiger partial charge in [-0.05, 0) is 43.9 Å². The molecule has 1 aliphatic heterocycles. The van der Waals surface area contributed by atoms with Crippen LogP contribution in [0.5, 0.6) is 0 Å². The van der Waals surface area contributed by atoms with Crippen LogP contribution < -0.4 is 5.32 Å². The molecule has 14 heavy (non-hydrogen) atoms. The molecule has 78 valence electrons. The third-order valence-electron chi connectivity index (χ3n) is 4.58. The first-order valence-electron chi connectivity index (χ1n) is 5.63. The second kappa shape index (κ2) is 2.80. The molecule has 0 radical (unpaired) electrons. The average Bonchev–Trinajstić information content (AvgIpc) is 2.75. The quantitative estimate of drug-likeness (QED) is 0.641. The van der Waals surface area contributed by atoms with Gasteiger partial charge in [0.1, 0.15) is 12.0 Å². The van der Waals surface area contributed by atoms with Crippen LogP contribution in [-0.4, -0.2) is 23.2 Å². The summed E-state index contributed by atoms with van der Waals surface area (Å²) in [4.78, 5) is 11.4. The molecule has 2 bridgehead atoms. The largest absolute Gasteiger partial charge is 0.378 e. The minimum Gasteiger partial charge on any atom is -0.378 e. The Morgan fingerprint density at radius 1 is 1.29 bits per heavy atom. The van der Waals surface area contributed by atoms with Crippen molar-refractivity contribution >= 4 is 5.78 Å². The first-order chi connectivity index (χ1) is 6.68. The Bertz CT molecular complexity index is 278. The third kappa shape index (κ3) is 0.971. The maximum Gasteiger partial charge on any atom is 0.147 e. The number of hydrogen-bond acceptors (Lipinski definition) is 3. The third-order valence-corrected chi connectivity index (χ3v) is 4.58. The van der Waals surface area contributed by atoms with E-state index >= 15 is 0 Å². The van der Waals surface area contributed by atoms with E-state index in [1.807, 2.05) is 0 Å². The minimum atomic E-state index is -0.427. The molecule has 0 aromatic carbocycles. The zero-order chi connectivity index (χ0) is 9.87. The van der Waals surface area contributed by atoms with Crippen LogP contribution in [-0.2, 0) is 4.79 Å². The van der Waals surface area contributed by atoms with Gasteiger partial charge in [-0.3, -0.25) is 10.1 Å². The summed E-state index contributed by atoms with van der Waals surface area (Å²) in [6.45, 7) is 1.64. The lowest BCUT2D eigenvalue weighted by molar-refractivity contribution is -0.120. The highest BCUT2D eigenvalue weighted by atomic mass is 16.3. The SMILES string of the molecule is CC(=O)[C@H]1NC(O)[C@@H]2C3CCC(C3)[C@@H]21. The molecule has 2 N–H and O–H groups in total. The fourth-order valence-electron chi connectivity index (χ4n) is 4.14. The van der Waals surface area contributed by atoms with E-state index < -0.39 is 6.23 Å². The first kappa shape index (κ1) is 8.86. The fourth-order valence-corrected chi connectivity index (χ4v) is 4.14. The molecule has 0 spiro atoms. The number of hydrogen-bond donors (Lipinski definition) is 2. The molecular formula is C11H17NO2. The molecule has 3 unspecified atom stereocenters. The minimum absolute atomic E-state index is 0.0645. The Kier molecular flexibility index (Phi) is 1.77. The molecule has 6 atom stereocenters. The number of fused-ring (bicyclic) bond motifs is 5. The highest BCUT2D eigenvalue weighted by Crippen LogP contribution is 2.56. The second-order valence-corrected chi connectivity index (χ2v) is 5.19. The van der Waals surface area contributed by atoms with Crippen molar-refractivity contribution in [1.29, 1.82) is 0 Å². The predicted octanol–water partition coefficient (Wildman–Crippen LogP) is 0.528. The zero-order valence-electron chi connectivity index (χ0n) is 8.44. The van der Waals surface area contributed by atoms with Crippen LogP contribution in [0.2, 0.25) is 0 Å². The summed E-state index contributed by atoms with van der Waals surface area (Å²) in [6, 6.07) is -0.0645. The number of aliphatic hydroxyl groups excluding tert-OH is 1. The average molecular weight is 195 g/mol. The van der Waals surface area contributed by atoms with Crippen LogP contribution in [0.3, 0.4) is 0 Å². The van der Waals surface area contributed by atoms with Gasteiger partial charge in [0.15, 0.2) is 0 Å². The number of carbonyl (C=O) groups excluding carboxylic acids is 1. The highest BCUT2D eigenvalue weighted by Gasteiger charge is 2.58. The molecule has 3 aliphatic rings. The molecule has 1 saturated heterocycles. The first-order valence-corrected chi connectivity index (χ1v) is 5.63. The van der Waals surface area contributed by atoms with Crippen molar-refractivity contribution in [2.75, 3.05) is 0 Å². The van der Waals surface area contributed by atoms with Crippen molar-refractivity contribution in [2.24, 2.45) is 23.7 Å². The topological polar surface area (TPSA) is 49.3 Å². The van der Waals surface area contributed by atoms with E-state index in [0.29, 0.717) is 23.7 Å². The van der Waals surface area contributed by atoms with E-state index in [4.69, 9.17) is 0 Å². The number of Topliss-reactive ketones (excluding diaryl/α,β-unsaturated/α-hetero) is 1. The molecular weight excluding hydrogens is 178 g/mol. The maximum atomic E-state index is 11.4. The van der Waals surface area contributed by atoms with Crippen molar-refractivity contribution in [3.63, 3.8) is 0 Å². The lowest BCUT2D eigenvalue weighted by Crippen LogP contribution is -2.38. The molecule has 2 aliphatic carbocycles. The normalized spacial score (nSPS) is 55.0. The number of rotatable bonds is 1. The van der Waals surface area contributed by atoms with Crippen molar-refractivity contribution < 1.29 is 9.90 Å².